The third-order valence-corrected chi connectivity index (χ3v) is 4.68. The lowest BCUT2D eigenvalue weighted by Crippen LogP contribution is -2.38. The number of hydrogen-bond acceptors (Lipinski definition) is 4. The van der Waals surface area contributed by atoms with Gasteiger partial charge in [-0.25, -0.2) is 4.68 Å². The van der Waals surface area contributed by atoms with E-state index in [0.717, 1.165) is 35.7 Å². The smallest absolute Gasteiger partial charge is 0.193 e. The molecule has 0 aliphatic rings. The van der Waals surface area contributed by atoms with E-state index >= 15 is 0 Å². The largest absolute Gasteiger partial charge is 0.504 e. The van der Waals surface area contributed by atoms with Gasteiger partial charge in [-0.3, -0.25) is 4.99 Å². The van der Waals surface area contributed by atoms with Crippen LogP contribution in [0.2, 0.25) is 0 Å². The van der Waals surface area contributed by atoms with E-state index in [1.54, 1.807) is 13.2 Å². The van der Waals surface area contributed by atoms with Crippen molar-refractivity contribution in [1.29, 1.82) is 0 Å². The van der Waals surface area contributed by atoms with Gasteiger partial charge in [0.25, 0.3) is 0 Å². The van der Waals surface area contributed by atoms with Gasteiger partial charge in [-0.2, -0.15) is 5.10 Å². The Kier molecular flexibility index (Phi) is 7.32. The van der Waals surface area contributed by atoms with E-state index in [-0.39, 0.29) is 5.75 Å². The highest BCUT2D eigenvalue weighted by atomic mass is 16.5. The fourth-order valence-corrected chi connectivity index (χ4v) is 3.15. The predicted octanol–water partition coefficient (Wildman–Crippen LogP) is 3.23. The number of ether oxygens (including phenoxy) is 1. The van der Waals surface area contributed by atoms with Crippen LogP contribution >= 0.6 is 0 Å². The van der Waals surface area contributed by atoms with Crippen molar-refractivity contribution < 1.29 is 9.84 Å². The van der Waals surface area contributed by atoms with Gasteiger partial charge < -0.3 is 20.1 Å². The van der Waals surface area contributed by atoms with E-state index in [1.807, 2.05) is 66.6 Å². The van der Waals surface area contributed by atoms with Crippen molar-refractivity contribution in [3.8, 4) is 17.2 Å². The number of aromatic hydroxyl groups is 1. The molecule has 1 heterocycles. The molecule has 0 saturated carbocycles. The lowest BCUT2D eigenvalue weighted by atomic mass is 10.1. The molecule has 7 heteroatoms. The molecule has 0 bridgehead atoms. The summed E-state index contributed by atoms with van der Waals surface area (Å²) in [7, 11) is 3.57. The second kappa shape index (κ2) is 10.3. The minimum atomic E-state index is 0.147. The number of phenols is 1. The molecule has 30 heavy (non-hydrogen) atoms. The van der Waals surface area contributed by atoms with Gasteiger partial charge in [0.2, 0.25) is 0 Å². The number of benzene rings is 2. The molecule has 0 amide bonds. The van der Waals surface area contributed by atoms with Crippen LogP contribution in [0.1, 0.15) is 18.1 Å². The summed E-state index contributed by atoms with van der Waals surface area (Å²) in [6.07, 6.45) is 4.68. The summed E-state index contributed by atoms with van der Waals surface area (Å²) in [5.41, 5.74) is 3.21. The summed E-state index contributed by atoms with van der Waals surface area (Å²) in [5, 5.41) is 17.5. The van der Waals surface area contributed by atoms with Crippen molar-refractivity contribution in [1.82, 2.24) is 20.0 Å². The molecule has 7 nitrogen and oxygen atoms in total. The van der Waals surface area contributed by atoms with Gasteiger partial charge in [-0.15, -0.1) is 0 Å². The van der Waals surface area contributed by atoms with Crippen LogP contribution in [0.4, 0.5) is 0 Å². The van der Waals surface area contributed by atoms with Crippen molar-refractivity contribution in [3.63, 3.8) is 0 Å². The van der Waals surface area contributed by atoms with E-state index in [1.165, 1.54) is 0 Å². The Labute approximate surface area is 177 Å². The predicted molar refractivity (Wildman–Crippen MR) is 119 cm³/mol. The molecule has 3 rings (SSSR count). The van der Waals surface area contributed by atoms with Gasteiger partial charge in [0.05, 0.1) is 19.0 Å². The summed E-state index contributed by atoms with van der Waals surface area (Å²) in [5.74, 6) is 1.47. The maximum Gasteiger partial charge on any atom is 0.193 e. The average molecular weight is 408 g/mol. The van der Waals surface area contributed by atoms with Crippen molar-refractivity contribution >= 4 is 5.96 Å². The van der Waals surface area contributed by atoms with Crippen LogP contribution in [0.3, 0.4) is 0 Å². The van der Waals surface area contributed by atoms with Crippen LogP contribution in [0.5, 0.6) is 11.5 Å². The number of rotatable bonds is 8. The molecule has 0 spiro atoms. The highest BCUT2D eigenvalue weighted by Gasteiger charge is 2.09. The molecule has 0 aliphatic carbocycles. The first kappa shape index (κ1) is 21.2. The Morgan fingerprint density at radius 3 is 2.73 bits per heavy atom. The number of guanidine groups is 1. The molecular weight excluding hydrogens is 378 g/mol. The maximum absolute atomic E-state index is 9.73. The van der Waals surface area contributed by atoms with Crippen LogP contribution < -0.4 is 10.1 Å². The summed E-state index contributed by atoms with van der Waals surface area (Å²) in [6.45, 7) is 4.18. The number of hydrogen-bond donors (Lipinski definition) is 2. The second-order valence-electron chi connectivity index (χ2n) is 6.98. The van der Waals surface area contributed by atoms with Gasteiger partial charge in [-0.05, 0) is 43.2 Å². The molecular formula is C23H29N5O2. The fourth-order valence-electron chi connectivity index (χ4n) is 3.15. The minimum Gasteiger partial charge on any atom is -0.504 e. The molecule has 158 valence electrons. The second-order valence-corrected chi connectivity index (χ2v) is 6.98. The number of aromatic nitrogens is 2. The Balaban J connectivity index is 1.63. The lowest BCUT2D eigenvalue weighted by Gasteiger charge is -2.21. The van der Waals surface area contributed by atoms with Crippen LogP contribution in [-0.2, 0) is 13.0 Å². The van der Waals surface area contributed by atoms with Gasteiger partial charge in [0.15, 0.2) is 17.5 Å². The number of aliphatic imine (C=N–C) groups is 1. The first-order valence-corrected chi connectivity index (χ1v) is 10.0. The number of para-hydroxylation sites is 1. The molecule has 0 saturated heterocycles. The van der Waals surface area contributed by atoms with Crippen LogP contribution in [0.15, 0.2) is 65.9 Å². The number of nitrogens with zero attached hydrogens (tertiary/aromatic N) is 4. The summed E-state index contributed by atoms with van der Waals surface area (Å²) < 4.78 is 7.06. The van der Waals surface area contributed by atoms with Crippen molar-refractivity contribution in [2.24, 2.45) is 4.99 Å². The third-order valence-electron chi connectivity index (χ3n) is 4.68. The van der Waals surface area contributed by atoms with Gasteiger partial charge >= 0.3 is 0 Å². The van der Waals surface area contributed by atoms with Crippen molar-refractivity contribution in [2.45, 2.75) is 19.9 Å². The Morgan fingerprint density at radius 1 is 1.20 bits per heavy atom. The van der Waals surface area contributed by atoms with Crippen LogP contribution in [-0.4, -0.2) is 53.0 Å². The molecule has 2 N–H and O–H groups in total. The zero-order chi connectivity index (χ0) is 21.3. The summed E-state index contributed by atoms with van der Waals surface area (Å²) >= 11 is 0. The van der Waals surface area contributed by atoms with Crippen molar-refractivity contribution in [3.05, 3.63) is 72.1 Å². The third kappa shape index (κ3) is 5.53. The van der Waals surface area contributed by atoms with Gasteiger partial charge in [-0.1, -0.05) is 24.3 Å². The minimum absolute atomic E-state index is 0.147. The highest BCUT2D eigenvalue weighted by Crippen LogP contribution is 2.26. The molecule has 0 radical (unpaired) electrons. The lowest BCUT2D eigenvalue weighted by molar-refractivity contribution is 0.373. The van der Waals surface area contributed by atoms with Gasteiger partial charge in [0, 0.05) is 38.4 Å². The molecule has 0 fully saturated rings. The van der Waals surface area contributed by atoms with Crippen LogP contribution in [0.25, 0.3) is 5.69 Å². The normalized spacial score (nSPS) is 11.4. The Morgan fingerprint density at radius 2 is 2.00 bits per heavy atom. The van der Waals surface area contributed by atoms with E-state index in [2.05, 4.69) is 22.2 Å². The quantitative estimate of drug-likeness (QED) is 0.443. The van der Waals surface area contributed by atoms with Crippen molar-refractivity contribution in [2.75, 3.05) is 27.2 Å². The summed E-state index contributed by atoms with van der Waals surface area (Å²) in [6, 6.07) is 15.5. The zero-order valence-corrected chi connectivity index (χ0v) is 17.7. The highest BCUT2D eigenvalue weighted by molar-refractivity contribution is 5.79. The van der Waals surface area contributed by atoms with Crippen LogP contribution in [0, 0.1) is 0 Å². The van der Waals surface area contributed by atoms with E-state index < -0.39 is 0 Å². The fraction of sp³-hybridized carbons (Fsp3) is 0.304. The average Bonchev–Trinajstić information content (AvgIpc) is 3.23. The molecule has 0 aliphatic heterocycles. The molecule has 0 atom stereocenters. The standard InChI is InChI=1S/C23H29N5O2/c1-4-24-23(25-13-12-18-10-11-21(29)22(14-18)30-3)27(2)16-19-15-26-28(17-19)20-8-6-5-7-9-20/h5-11,14-15,17,29H,4,12-13,16H2,1-3H3,(H,24,25). The van der Waals surface area contributed by atoms with Gasteiger partial charge in [0.1, 0.15) is 0 Å². The molecule has 1 aromatic heterocycles. The number of phenolic OH excluding ortho intramolecular Hbond substituents is 1. The Bertz CT molecular complexity index is 969. The molecule has 3 aromatic rings. The topological polar surface area (TPSA) is 74.9 Å². The molecule has 2 aromatic carbocycles. The van der Waals surface area contributed by atoms with E-state index in [0.29, 0.717) is 18.8 Å². The number of methoxy groups -OCH3 is 1. The molecule has 0 unspecified atom stereocenters. The summed E-state index contributed by atoms with van der Waals surface area (Å²) in [4.78, 5) is 6.84. The number of nitrogens with one attached hydrogen (secondary N) is 1. The SMILES string of the molecule is CCNC(=NCCc1ccc(O)c(OC)c1)N(C)Cc1cnn(-c2ccccc2)c1. The van der Waals surface area contributed by atoms with E-state index in [9.17, 15) is 5.11 Å². The monoisotopic (exact) mass is 407 g/mol. The maximum atomic E-state index is 9.73. The van der Waals surface area contributed by atoms with E-state index in [4.69, 9.17) is 9.73 Å². The first-order valence-electron chi connectivity index (χ1n) is 10.0. The Hall–Kier alpha value is -3.48. The first-order chi connectivity index (χ1) is 14.6. The zero-order valence-electron chi connectivity index (χ0n) is 17.7.